The fourth-order valence-corrected chi connectivity index (χ4v) is 4.58. The number of nitriles is 1. The molecule has 0 aliphatic carbocycles. The Morgan fingerprint density at radius 3 is 2.48 bits per heavy atom. The number of allylic oxidation sites excluding steroid dienone is 1. The molecule has 40 heavy (non-hydrogen) atoms. The summed E-state index contributed by atoms with van der Waals surface area (Å²) in [5, 5.41) is 9.93. The van der Waals surface area contributed by atoms with Crippen molar-refractivity contribution in [3.63, 3.8) is 0 Å². The summed E-state index contributed by atoms with van der Waals surface area (Å²) in [6.45, 7) is 0.216. The second kappa shape index (κ2) is 11.5. The Kier molecular flexibility index (Phi) is 7.71. The van der Waals surface area contributed by atoms with Crippen molar-refractivity contribution in [2.24, 2.45) is 5.73 Å². The Balaban J connectivity index is 1.42. The van der Waals surface area contributed by atoms with Crippen LogP contribution < -0.4 is 24.7 Å². The standard InChI is InChI=1S/C31H22BrFN2O5/c1-37-28-14-20(6-13-26(28)38-17-18-2-9-22(33)10-3-18)29-24-12-11-23(15-27(24)40-30(35)25(29)16-34)39-31(36)19-4-7-21(32)8-5-19/h2-15,29H,17,35H2,1H3. The van der Waals surface area contributed by atoms with Gasteiger partial charge in [-0.1, -0.05) is 40.2 Å². The van der Waals surface area contributed by atoms with E-state index in [-0.39, 0.29) is 29.6 Å². The van der Waals surface area contributed by atoms with E-state index >= 15 is 0 Å². The Morgan fingerprint density at radius 1 is 1.02 bits per heavy atom. The monoisotopic (exact) mass is 600 g/mol. The predicted octanol–water partition coefficient (Wildman–Crippen LogP) is 6.61. The van der Waals surface area contributed by atoms with E-state index in [2.05, 4.69) is 22.0 Å². The molecule has 200 valence electrons. The lowest BCUT2D eigenvalue weighted by Gasteiger charge is -2.27. The fourth-order valence-electron chi connectivity index (χ4n) is 4.32. The number of halogens is 2. The van der Waals surface area contributed by atoms with E-state index in [1.807, 2.05) is 6.07 Å². The van der Waals surface area contributed by atoms with Crippen LogP contribution in [0.5, 0.6) is 23.0 Å². The molecule has 9 heteroatoms. The van der Waals surface area contributed by atoms with E-state index in [1.165, 1.54) is 19.2 Å². The van der Waals surface area contributed by atoms with E-state index < -0.39 is 11.9 Å². The first-order chi connectivity index (χ1) is 19.4. The van der Waals surface area contributed by atoms with Crippen LogP contribution in [0.1, 0.15) is 33.0 Å². The molecule has 7 nitrogen and oxygen atoms in total. The molecule has 5 rings (SSSR count). The zero-order valence-electron chi connectivity index (χ0n) is 21.2. The van der Waals surface area contributed by atoms with Gasteiger partial charge in [-0.3, -0.25) is 0 Å². The normalized spacial score (nSPS) is 14.0. The van der Waals surface area contributed by atoms with Gasteiger partial charge in [0.15, 0.2) is 11.5 Å². The summed E-state index contributed by atoms with van der Waals surface area (Å²) in [4.78, 5) is 12.6. The number of esters is 1. The molecule has 4 aromatic carbocycles. The average molecular weight is 601 g/mol. The number of carbonyl (C=O) groups excluding carboxylic acids is 1. The Labute approximate surface area is 238 Å². The third-order valence-corrected chi connectivity index (χ3v) is 6.84. The Morgan fingerprint density at radius 2 is 1.77 bits per heavy atom. The van der Waals surface area contributed by atoms with Crippen molar-refractivity contribution in [3.05, 3.63) is 129 Å². The van der Waals surface area contributed by atoms with Crippen LogP contribution in [0.3, 0.4) is 0 Å². The summed E-state index contributed by atoms with van der Waals surface area (Å²) in [6, 6.07) is 25.3. The lowest BCUT2D eigenvalue weighted by molar-refractivity contribution is 0.0734. The maximum Gasteiger partial charge on any atom is 0.343 e. The predicted molar refractivity (Wildman–Crippen MR) is 149 cm³/mol. The number of rotatable bonds is 7. The third kappa shape index (κ3) is 5.63. The van der Waals surface area contributed by atoms with Crippen LogP contribution in [-0.2, 0) is 6.61 Å². The molecule has 1 aliphatic heterocycles. The molecule has 2 N–H and O–H groups in total. The molecule has 0 spiro atoms. The van der Waals surface area contributed by atoms with Gasteiger partial charge in [0.2, 0.25) is 5.88 Å². The smallest absolute Gasteiger partial charge is 0.343 e. The number of hydrogen-bond acceptors (Lipinski definition) is 7. The van der Waals surface area contributed by atoms with Gasteiger partial charge in [-0.15, -0.1) is 0 Å². The lowest BCUT2D eigenvalue weighted by Crippen LogP contribution is -2.21. The minimum atomic E-state index is -0.565. The van der Waals surface area contributed by atoms with Crippen molar-refractivity contribution < 1.29 is 28.1 Å². The molecule has 1 unspecified atom stereocenters. The number of hydrogen-bond donors (Lipinski definition) is 1. The maximum atomic E-state index is 13.2. The number of ether oxygens (including phenoxy) is 4. The van der Waals surface area contributed by atoms with Gasteiger partial charge in [-0.05, 0) is 65.7 Å². The first kappa shape index (κ1) is 26.8. The molecule has 0 saturated carbocycles. The minimum Gasteiger partial charge on any atom is -0.493 e. The Hall–Kier alpha value is -4.81. The van der Waals surface area contributed by atoms with Crippen molar-refractivity contribution in [3.8, 4) is 29.1 Å². The van der Waals surface area contributed by atoms with Gasteiger partial charge in [-0.25, -0.2) is 9.18 Å². The summed E-state index contributed by atoms with van der Waals surface area (Å²) < 4.78 is 36.9. The molecule has 0 saturated heterocycles. The van der Waals surface area contributed by atoms with Crippen molar-refractivity contribution >= 4 is 21.9 Å². The van der Waals surface area contributed by atoms with E-state index in [0.717, 1.165) is 15.6 Å². The maximum absolute atomic E-state index is 13.2. The second-order valence-electron chi connectivity index (χ2n) is 8.85. The molecule has 1 aliphatic rings. The van der Waals surface area contributed by atoms with Gasteiger partial charge in [0.25, 0.3) is 0 Å². The minimum absolute atomic E-state index is 0.0491. The third-order valence-electron chi connectivity index (χ3n) is 6.31. The average Bonchev–Trinajstić information content (AvgIpc) is 2.96. The van der Waals surface area contributed by atoms with Gasteiger partial charge in [0.05, 0.1) is 18.6 Å². The summed E-state index contributed by atoms with van der Waals surface area (Å²) in [5.74, 6) is 0.0907. The lowest BCUT2D eigenvalue weighted by atomic mass is 9.83. The van der Waals surface area contributed by atoms with E-state index in [1.54, 1.807) is 66.7 Å². The number of methoxy groups -OCH3 is 1. The molecule has 1 atom stereocenters. The number of fused-ring (bicyclic) bond motifs is 1. The highest BCUT2D eigenvalue weighted by Crippen LogP contribution is 2.45. The molecular weight excluding hydrogens is 579 g/mol. The van der Waals surface area contributed by atoms with Crippen LogP contribution in [0.2, 0.25) is 0 Å². The van der Waals surface area contributed by atoms with Gasteiger partial charge < -0.3 is 24.7 Å². The van der Waals surface area contributed by atoms with Crippen LogP contribution >= 0.6 is 15.9 Å². The quantitative estimate of drug-likeness (QED) is 0.188. The highest BCUT2D eigenvalue weighted by molar-refractivity contribution is 9.10. The van der Waals surface area contributed by atoms with Crippen molar-refractivity contribution in [2.75, 3.05) is 7.11 Å². The molecule has 0 amide bonds. The highest BCUT2D eigenvalue weighted by Gasteiger charge is 2.32. The summed E-state index contributed by atoms with van der Waals surface area (Å²) in [5.41, 5.74) is 8.95. The number of carbonyl (C=O) groups is 1. The van der Waals surface area contributed by atoms with Gasteiger partial charge in [0, 0.05) is 16.1 Å². The highest BCUT2D eigenvalue weighted by atomic mass is 79.9. The van der Waals surface area contributed by atoms with Crippen LogP contribution in [0.4, 0.5) is 4.39 Å². The van der Waals surface area contributed by atoms with Crippen LogP contribution in [0.25, 0.3) is 0 Å². The molecule has 0 bridgehead atoms. The topological polar surface area (TPSA) is 104 Å². The van der Waals surface area contributed by atoms with Crippen LogP contribution in [0, 0.1) is 17.1 Å². The van der Waals surface area contributed by atoms with Gasteiger partial charge >= 0.3 is 5.97 Å². The van der Waals surface area contributed by atoms with E-state index in [0.29, 0.717) is 28.4 Å². The van der Waals surface area contributed by atoms with Crippen molar-refractivity contribution in [1.82, 2.24) is 0 Å². The molecular formula is C31H22BrFN2O5. The molecule has 0 radical (unpaired) electrons. The summed E-state index contributed by atoms with van der Waals surface area (Å²) in [7, 11) is 1.52. The summed E-state index contributed by atoms with van der Waals surface area (Å²) in [6.07, 6.45) is 0. The summed E-state index contributed by atoms with van der Waals surface area (Å²) >= 11 is 3.34. The zero-order valence-corrected chi connectivity index (χ0v) is 22.8. The van der Waals surface area contributed by atoms with Crippen LogP contribution in [-0.4, -0.2) is 13.1 Å². The Bertz CT molecular complexity index is 1650. The largest absolute Gasteiger partial charge is 0.493 e. The number of nitrogens with zero attached hydrogens (tertiary/aromatic N) is 1. The molecule has 1 heterocycles. The van der Waals surface area contributed by atoms with E-state index in [9.17, 15) is 14.4 Å². The number of benzene rings is 4. The SMILES string of the molecule is COc1cc(C2C(C#N)=C(N)Oc3cc(OC(=O)c4ccc(Br)cc4)ccc32)ccc1OCc1ccc(F)cc1. The first-order valence-corrected chi connectivity index (χ1v) is 12.9. The van der Waals surface area contributed by atoms with Crippen LogP contribution in [0.15, 0.2) is 101 Å². The molecule has 0 aromatic heterocycles. The zero-order chi connectivity index (χ0) is 28.2. The van der Waals surface area contributed by atoms with Crippen molar-refractivity contribution in [2.45, 2.75) is 12.5 Å². The van der Waals surface area contributed by atoms with Gasteiger partial charge in [0.1, 0.15) is 35.6 Å². The molecule has 4 aromatic rings. The fraction of sp³-hybridized carbons (Fsp3) is 0.0968. The first-order valence-electron chi connectivity index (χ1n) is 12.1. The van der Waals surface area contributed by atoms with E-state index in [4.69, 9.17) is 24.7 Å². The van der Waals surface area contributed by atoms with Gasteiger partial charge in [-0.2, -0.15) is 5.26 Å². The number of nitrogens with two attached hydrogens (primary N) is 1. The molecule has 0 fully saturated rings. The second-order valence-corrected chi connectivity index (χ2v) is 9.76. The van der Waals surface area contributed by atoms with Crippen molar-refractivity contribution in [1.29, 1.82) is 5.26 Å².